The van der Waals surface area contributed by atoms with Crippen LogP contribution >= 0.6 is 0 Å². The first-order valence-electron chi connectivity index (χ1n) is 4.03. The molecule has 1 rings (SSSR count). The van der Waals surface area contributed by atoms with E-state index in [1.807, 2.05) is 13.8 Å². The zero-order valence-electron chi connectivity index (χ0n) is 7.72. The van der Waals surface area contributed by atoms with Gasteiger partial charge < -0.3 is 10.3 Å². The first-order chi connectivity index (χ1) is 5.57. The van der Waals surface area contributed by atoms with Gasteiger partial charge in [-0.25, -0.2) is 0 Å². The molecular formula is C9H14N2O. The molecule has 1 heterocycles. The summed E-state index contributed by atoms with van der Waals surface area (Å²) in [6.07, 6.45) is 0.836. The molecular weight excluding hydrogens is 152 g/mol. The fourth-order valence-corrected chi connectivity index (χ4v) is 1.39. The smallest absolute Gasteiger partial charge is 0.252 e. The van der Waals surface area contributed by atoms with Crippen molar-refractivity contribution < 1.29 is 0 Å². The van der Waals surface area contributed by atoms with Gasteiger partial charge in [0.25, 0.3) is 5.56 Å². The van der Waals surface area contributed by atoms with E-state index in [0.717, 1.165) is 17.7 Å². The van der Waals surface area contributed by atoms with Crippen LogP contribution in [-0.4, -0.2) is 4.57 Å². The SMILES string of the molecule is CCc1c(C)c(N)cc(=O)n1C. The minimum Gasteiger partial charge on any atom is -0.398 e. The molecule has 0 aliphatic heterocycles. The summed E-state index contributed by atoms with van der Waals surface area (Å²) < 4.78 is 1.64. The first kappa shape index (κ1) is 8.84. The van der Waals surface area contributed by atoms with Gasteiger partial charge in [-0.05, 0) is 18.9 Å². The number of rotatable bonds is 1. The number of nitrogens with two attached hydrogens (primary N) is 1. The third-order valence-electron chi connectivity index (χ3n) is 2.22. The Kier molecular flexibility index (Phi) is 2.22. The molecule has 66 valence electrons. The van der Waals surface area contributed by atoms with E-state index < -0.39 is 0 Å². The summed E-state index contributed by atoms with van der Waals surface area (Å²) in [5, 5.41) is 0. The lowest BCUT2D eigenvalue weighted by atomic mass is 10.1. The van der Waals surface area contributed by atoms with Gasteiger partial charge in [0.05, 0.1) is 0 Å². The molecule has 0 saturated heterocycles. The Hall–Kier alpha value is -1.25. The lowest BCUT2D eigenvalue weighted by Gasteiger charge is -2.10. The van der Waals surface area contributed by atoms with Gasteiger partial charge in [-0.3, -0.25) is 4.79 Å². The number of pyridine rings is 1. The minimum atomic E-state index is -0.0325. The van der Waals surface area contributed by atoms with Gasteiger partial charge in [0, 0.05) is 24.5 Å². The summed E-state index contributed by atoms with van der Waals surface area (Å²) >= 11 is 0. The summed E-state index contributed by atoms with van der Waals surface area (Å²) in [4.78, 5) is 11.3. The Balaban J connectivity index is 3.53. The molecule has 0 aliphatic carbocycles. The van der Waals surface area contributed by atoms with Crippen LogP contribution in [0.3, 0.4) is 0 Å². The zero-order valence-corrected chi connectivity index (χ0v) is 7.72. The second kappa shape index (κ2) is 3.01. The average molecular weight is 166 g/mol. The molecule has 2 N–H and O–H groups in total. The second-order valence-electron chi connectivity index (χ2n) is 2.92. The van der Waals surface area contributed by atoms with Crippen LogP contribution in [0.4, 0.5) is 5.69 Å². The molecule has 0 aliphatic rings. The van der Waals surface area contributed by atoms with Gasteiger partial charge in [-0.2, -0.15) is 0 Å². The van der Waals surface area contributed by atoms with Crippen LogP contribution in [-0.2, 0) is 13.5 Å². The predicted octanol–water partition coefficient (Wildman–Crippen LogP) is 0.838. The van der Waals surface area contributed by atoms with E-state index in [1.165, 1.54) is 6.07 Å². The predicted molar refractivity (Wildman–Crippen MR) is 50.2 cm³/mol. The maximum atomic E-state index is 11.3. The van der Waals surface area contributed by atoms with Crippen molar-refractivity contribution in [3.8, 4) is 0 Å². The number of nitrogens with zero attached hydrogens (tertiary/aromatic N) is 1. The number of hydrogen-bond donors (Lipinski definition) is 1. The Morgan fingerprint density at radius 3 is 2.67 bits per heavy atom. The monoisotopic (exact) mass is 166 g/mol. The van der Waals surface area contributed by atoms with Crippen LogP contribution < -0.4 is 11.3 Å². The molecule has 0 spiro atoms. The highest BCUT2D eigenvalue weighted by Gasteiger charge is 2.05. The fourth-order valence-electron chi connectivity index (χ4n) is 1.39. The van der Waals surface area contributed by atoms with Crippen molar-refractivity contribution in [3.63, 3.8) is 0 Å². The van der Waals surface area contributed by atoms with E-state index in [9.17, 15) is 4.79 Å². The number of aromatic nitrogens is 1. The summed E-state index contributed by atoms with van der Waals surface area (Å²) in [7, 11) is 1.77. The van der Waals surface area contributed by atoms with Gasteiger partial charge in [-0.15, -0.1) is 0 Å². The van der Waals surface area contributed by atoms with Crippen molar-refractivity contribution in [1.29, 1.82) is 0 Å². The highest BCUT2D eigenvalue weighted by Crippen LogP contribution is 2.12. The minimum absolute atomic E-state index is 0.0325. The number of hydrogen-bond acceptors (Lipinski definition) is 2. The third kappa shape index (κ3) is 1.22. The summed E-state index contributed by atoms with van der Waals surface area (Å²) in [5.74, 6) is 0. The van der Waals surface area contributed by atoms with Crippen LogP contribution in [0, 0.1) is 6.92 Å². The van der Waals surface area contributed by atoms with Crippen molar-refractivity contribution >= 4 is 5.69 Å². The van der Waals surface area contributed by atoms with E-state index in [0.29, 0.717) is 5.69 Å². The van der Waals surface area contributed by atoms with E-state index in [1.54, 1.807) is 11.6 Å². The summed E-state index contributed by atoms with van der Waals surface area (Å²) in [6.45, 7) is 3.95. The van der Waals surface area contributed by atoms with Crippen LogP contribution in [0.1, 0.15) is 18.2 Å². The maximum absolute atomic E-state index is 11.3. The molecule has 0 amide bonds. The fraction of sp³-hybridized carbons (Fsp3) is 0.444. The first-order valence-corrected chi connectivity index (χ1v) is 4.03. The highest BCUT2D eigenvalue weighted by molar-refractivity contribution is 5.47. The second-order valence-corrected chi connectivity index (χ2v) is 2.92. The maximum Gasteiger partial charge on any atom is 0.252 e. The number of anilines is 1. The van der Waals surface area contributed by atoms with Gasteiger partial charge in [0.1, 0.15) is 0 Å². The zero-order chi connectivity index (χ0) is 9.30. The Morgan fingerprint density at radius 2 is 2.17 bits per heavy atom. The normalized spacial score (nSPS) is 10.2. The van der Waals surface area contributed by atoms with Crippen molar-refractivity contribution in [2.45, 2.75) is 20.3 Å². The topological polar surface area (TPSA) is 48.0 Å². The van der Waals surface area contributed by atoms with Crippen molar-refractivity contribution in [2.75, 3.05) is 5.73 Å². The molecule has 0 radical (unpaired) electrons. The molecule has 0 fully saturated rings. The van der Waals surface area contributed by atoms with E-state index in [2.05, 4.69) is 0 Å². The van der Waals surface area contributed by atoms with E-state index >= 15 is 0 Å². The van der Waals surface area contributed by atoms with Crippen LogP contribution in [0.15, 0.2) is 10.9 Å². The van der Waals surface area contributed by atoms with Crippen molar-refractivity contribution in [3.05, 3.63) is 27.7 Å². The van der Waals surface area contributed by atoms with Crippen molar-refractivity contribution in [2.24, 2.45) is 7.05 Å². The third-order valence-corrected chi connectivity index (χ3v) is 2.22. The lowest BCUT2D eigenvalue weighted by molar-refractivity contribution is 0.774. The van der Waals surface area contributed by atoms with E-state index in [4.69, 9.17) is 5.73 Å². The lowest BCUT2D eigenvalue weighted by Crippen LogP contribution is -2.21. The van der Waals surface area contributed by atoms with Gasteiger partial charge >= 0.3 is 0 Å². The molecule has 12 heavy (non-hydrogen) atoms. The average Bonchev–Trinajstić information content (AvgIpc) is 2.02. The molecule has 0 aromatic carbocycles. The quantitative estimate of drug-likeness (QED) is 0.672. The van der Waals surface area contributed by atoms with Gasteiger partial charge in [0.2, 0.25) is 0 Å². The summed E-state index contributed by atoms with van der Waals surface area (Å²) in [6, 6.07) is 1.47. The summed E-state index contributed by atoms with van der Waals surface area (Å²) in [5.41, 5.74) is 8.24. The van der Waals surface area contributed by atoms with Crippen LogP contribution in [0.2, 0.25) is 0 Å². The van der Waals surface area contributed by atoms with Crippen LogP contribution in [0.5, 0.6) is 0 Å². The molecule has 1 aromatic heterocycles. The molecule has 0 bridgehead atoms. The van der Waals surface area contributed by atoms with Crippen LogP contribution in [0.25, 0.3) is 0 Å². The number of nitrogen functional groups attached to an aromatic ring is 1. The molecule has 1 aromatic rings. The Labute approximate surface area is 71.8 Å². The highest BCUT2D eigenvalue weighted by atomic mass is 16.1. The van der Waals surface area contributed by atoms with Gasteiger partial charge in [-0.1, -0.05) is 6.92 Å². The molecule has 0 saturated carbocycles. The molecule has 0 unspecified atom stereocenters. The molecule has 3 heteroatoms. The van der Waals surface area contributed by atoms with E-state index in [-0.39, 0.29) is 5.56 Å². The standard InChI is InChI=1S/C9H14N2O/c1-4-8-6(2)7(10)5-9(12)11(8)3/h5H,4,10H2,1-3H3. The Morgan fingerprint density at radius 1 is 1.58 bits per heavy atom. The molecule has 0 atom stereocenters. The van der Waals surface area contributed by atoms with Gasteiger partial charge in [0.15, 0.2) is 0 Å². The molecule has 3 nitrogen and oxygen atoms in total. The Bertz CT molecular complexity index is 352. The van der Waals surface area contributed by atoms with Crippen molar-refractivity contribution in [1.82, 2.24) is 4.57 Å². The largest absolute Gasteiger partial charge is 0.398 e.